The van der Waals surface area contributed by atoms with Crippen LogP contribution in [-0.4, -0.2) is 122 Å². The summed E-state index contributed by atoms with van der Waals surface area (Å²) in [6.07, 6.45) is -11.1. The van der Waals surface area contributed by atoms with Gasteiger partial charge in [-0.2, -0.15) is 88.6 Å². The average molecular weight is 817 g/mol. The van der Waals surface area contributed by atoms with Crippen molar-refractivity contribution in [3.05, 3.63) is 0 Å². The molecule has 25 heteroatoms. The molecule has 0 aromatic carbocycles. The minimum absolute atomic E-state index is 0.0402. The van der Waals surface area contributed by atoms with Crippen molar-refractivity contribution < 1.29 is 108 Å². The summed E-state index contributed by atoms with van der Waals surface area (Å²) in [5, 5.41) is 9.78. The fourth-order valence-electron chi connectivity index (χ4n) is 3.88. The van der Waals surface area contributed by atoms with Crippen molar-refractivity contribution in [2.24, 2.45) is 0 Å². The molecule has 0 saturated heterocycles. The zero-order valence-corrected chi connectivity index (χ0v) is 28.2. The number of likely N-dealkylation sites (N-methyl/N-ethyl adjacent to an activating group) is 1. The monoisotopic (exact) mass is 816 g/mol. The Labute approximate surface area is 282 Å². The fourth-order valence-corrected chi connectivity index (χ4v) is 4.63. The summed E-state index contributed by atoms with van der Waals surface area (Å²) in [6.45, 7) is -0.403. The molecule has 7 nitrogen and oxygen atoms in total. The molecule has 0 aliphatic rings. The largest absolute Gasteiger partial charge is 0.606 e. The van der Waals surface area contributed by atoms with E-state index in [0.717, 1.165) is 0 Å². The van der Waals surface area contributed by atoms with E-state index in [2.05, 4.69) is 4.52 Å². The molecule has 308 valence electrons. The molecule has 0 aromatic rings. The molecule has 0 bridgehead atoms. The third-order valence-corrected chi connectivity index (χ3v) is 8.06. The predicted molar refractivity (Wildman–Crippen MR) is 143 cm³/mol. The van der Waals surface area contributed by atoms with Gasteiger partial charge < -0.3 is 19.2 Å². The maximum Gasteiger partial charge on any atom is 0.460 e. The highest BCUT2D eigenvalue weighted by molar-refractivity contribution is 7.52. The Morgan fingerprint density at radius 3 is 1.37 bits per heavy atom. The van der Waals surface area contributed by atoms with Crippen molar-refractivity contribution in [1.29, 1.82) is 0 Å². The van der Waals surface area contributed by atoms with E-state index in [1.165, 1.54) is 0 Å². The van der Waals surface area contributed by atoms with E-state index in [1.54, 1.807) is 0 Å². The van der Waals surface area contributed by atoms with Crippen LogP contribution in [0, 0.1) is 0 Å². The second-order valence-electron chi connectivity index (χ2n) is 12.6. The Bertz CT molecular complexity index is 1040. The number of hydrogen-bond acceptors (Lipinski definition) is 6. The first-order valence-electron chi connectivity index (χ1n) is 15.0. The number of aliphatic hydroxyl groups excluding tert-OH is 1. The molecule has 0 rings (SSSR count). The number of alkyl halides is 17. The van der Waals surface area contributed by atoms with Gasteiger partial charge in [0.2, 0.25) is 0 Å². The molecule has 0 fully saturated rings. The molecule has 0 radical (unpaired) electrons. The summed E-state index contributed by atoms with van der Waals surface area (Å²) in [6, 6.07) is 0. The van der Waals surface area contributed by atoms with Gasteiger partial charge in [0.15, 0.2) is 0 Å². The number of nitrogens with zero attached hydrogens (tertiary/aromatic N) is 1. The zero-order valence-electron chi connectivity index (χ0n) is 27.3. The first-order valence-corrected chi connectivity index (χ1v) is 16.4. The quantitative estimate of drug-likeness (QED) is 0.0404. The van der Waals surface area contributed by atoms with E-state index in [-0.39, 0.29) is 32.7 Å². The number of hydrogen-bond donors (Lipinski definition) is 2. The van der Waals surface area contributed by atoms with Crippen LogP contribution in [0.1, 0.15) is 57.8 Å². The lowest BCUT2D eigenvalue weighted by Gasteiger charge is -2.42. The van der Waals surface area contributed by atoms with Gasteiger partial charge in [0.05, 0.1) is 27.7 Å². The minimum Gasteiger partial charge on any atom is -0.606 e. The molecule has 2 N–H and O–H groups in total. The van der Waals surface area contributed by atoms with Crippen molar-refractivity contribution in [2.75, 3.05) is 54.1 Å². The molecule has 0 amide bonds. The Balaban J connectivity index is 4.67. The van der Waals surface area contributed by atoms with Crippen LogP contribution in [0.15, 0.2) is 0 Å². The lowest BCUT2D eigenvalue weighted by atomic mass is 9.87. The van der Waals surface area contributed by atoms with Gasteiger partial charge in [-0.05, 0) is 12.8 Å². The maximum absolute atomic E-state index is 14.0. The second kappa shape index (κ2) is 18.1. The summed E-state index contributed by atoms with van der Waals surface area (Å²) in [7, 11) is 1.07. The van der Waals surface area contributed by atoms with Crippen molar-refractivity contribution >= 4 is 8.17 Å². The lowest BCUT2D eigenvalue weighted by Crippen LogP contribution is -2.74. The third kappa shape index (κ3) is 12.8. The number of phosphoric ester groups is 1. The van der Waals surface area contributed by atoms with Crippen LogP contribution in [0.2, 0.25) is 0 Å². The van der Waals surface area contributed by atoms with E-state index in [9.17, 15) is 89.5 Å². The highest BCUT2D eigenvalue weighted by Gasteiger charge is 2.95. The normalized spacial score (nSPS) is 16.8. The predicted octanol–water partition coefficient (Wildman–Crippen LogP) is 7.65. The van der Waals surface area contributed by atoms with Crippen molar-refractivity contribution in [2.45, 2.75) is 112 Å². The van der Waals surface area contributed by atoms with E-state index in [1.807, 2.05) is 21.1 Å². The topological polar surface area (TPSA) is 91.2 Å². The number of halogens is 17. The number of quaternary nitrogens is 1. The Morgan fingerprint density at radius 1 is 0.549 bits per heavy atom. The molecule has 0 aliphatic carbocycles. The summed E-state index contributed by atoms with van der Waals surface area (Å²) < 4.78 is 242. The maximum atomic E-state index is 14.0. The molecule has 0 aliphatic heterocycles. The molecule has 0 aromatic heterocycles. The highest BCUT2D eigenvalue weighted by atomic mass is 31.2. The van der Waals surface area contributed by atoms with Crippen LogP contribution in [0.5, 0.6) is 0 Å². The smallest absolute Gasteiger partial charge is 0.460 e. The number of aliphatic hydroxyl groups is 1. The van der Waals surface area contributed by atoms with Gasteiger partial charge in [0, 0.05) is 13.0 Å². The molecular weight excluding hydrogens is 776 g/mol. The van der Waals surface area contributed by atoms with Gasteiger partial charge in [-0.1, -0.05) is 38.5 Å². The molecule has 0 heterocycles. The summed E-state index contributed by atoms with van der Waals surface area (Å²) in [5.41, 5.74) is 0. The lowest BCUT2D eigenvalue weighted by molar-refractivity contribution is -0.870. The van der Waals surface area contributed by atoms with Gasteiger partial charge in [0.1, 0.15) is 25.9 Å². The molecule has 0 saturated carbocycles. The number of phosphoric acid groups is 1. The van der Waals surface area contributed by atoms with Gasteiger partial charge in [-0.3, -0.25) is 0 Å². The Kier molecular flexibility index (Phi) is 17.7. The van der Waals surface area contributed by atoms with Crippen molar-refractivity contribution in [3.63, 3.8) is 0 Å². The Morgan fingerprint density at radius 2 is 0.941 bits per heavy atom. The van der Waals surface area contributed by atoms with Crippen molar-refractivity contribution in [1.82, 2.24) is 0 Å². The first-order chi connectivity index (χ1) is 22.6. The van der Waals surface area contributed by atoms with Crippen LogP contribution < -0.4 is 4.89 Å². The van der Waals surface area contributed by atoms with Gasteiger partial charge in [-0.15, -0.1) is 0 Å². The van der Waals surface area contributed by atoms with Gasteiger partial charge in [0.25, 0.3) is 0 Å². The summed E-state index contributed by atoms with van der Waals surface area (Å²) in [4.78, 5) is 21.3. The standard InChI is InChI=1S/C26H39F17NO6P/c1-44(2,3)13-15-49-51(46,47)50-17-18(45)16-48-14-11-9-7-5-4-6-8-10-12-19(27,28)20(29,30)21(31,32)22(33,34)23(35,36)24(37,38)25(39,40)26(41,42)43/h18,45H,4-17H2,1-3H3/p+1/t18-/m1/s1. The number of rotatable bonds is 26. The van der Waals surface area contributed by atoms with Crippen molar-refractivity contribution in [3.8, 4) is 0 Å². The minimum atomic E-state index is -8.63. The van der Waals surface area contributed by atoms with Gasteiger partial charge >= 0.3 is 55.8 Å². The van der Waals surface area contributed by atoms with Gasteiger partial charge in [-0.25, -0.2) is 0 Å². The fraction of sp³-hybridized carbons (Fsp3) is 1.00. The average Bonchev–Trinajstić information content (AvgIpc) is 2.94. The van der Waals surface area contributed by atoms with E-state index in [0.29, 0.717) is 36.7 Å². The molecule has 2 atom stereocenters. The van der Waals surface area contributed by atoms with E-state index in [4.69, 9.17) is 9.26 Å². The zero-order chi connectivity index (χ0) is 40.6. The molecular formula is C26H40F17NO6P+. The summed E-state index contributed by atoms with van der Waals surface area (Å²) >= 11 is 0. The third-order valence-electron chi connectivity index (χ3n) is 7.07. The first kappa shape index (κ1) is 50.0. The van der Waals surface area contributed by atoms with E-state index >= 15 is 0 Å². The Hall–Kier alpha value is -1.04. The highest BCUT2D eigenvalue weighted by Crippen LogP contribution is 2.64. The van der Waals surface area contributed by atoms with Crippen LogP contribution in [0.4, 0.5) is 74.6 Å². The molecule has 0 spiro atoms. The number of ether oxygens (including phenoxy) is 1. The van der Waals surface area contributed by atoms with Crippen LogP contribution in [0.25, 0.3) is 0 Å². The second-order valence-corrected chi connectivity index (χ2v) is 14.0. The molecule has 51 heavy (non-hydrogen) atoms. The van der Waals surface area contributed by atoms with E-state index < -0.39 is 87.8 Å². The SMILES string of the molecule is C[N+](C)(C)CCO[P+]([O-])(O)OC[C@H](O)COCCCCCCCCCCC(F)(F)C(F)(F)C(F)(F)C(F)(F)C(F)(F)C(F)(F)C(F)(F)C(F)(F)F. The summed E-state index contributed by atoms with van der Waals surface area (Å²) in [5.74, 6) is -56.1. The molecule has 1 unspecified atom stereocenters. The van der Waals surface area contributed by atoms with Crippen LogP contribution >= 0.6 is 8.17 Å². The van der Waals surface area contributed by atoms with Crippen LogP contribution in [0.3, 0.4) is 0 Å². The van der Waals surface area contributed by atoms with Crippen LogP contribution in [-0.2, 0) is 13.8 Å². The number of unbranched alkanes of at least 4 members (excludes halogenated alkanes) is 7.